The van der Waals surface area contributed by atoms with Crippen molar-refractivity contribution in [3.63, 3.8) is 0 Å². The van der Waals surface area contributed by atoms with Gasteiger partial charge in [-0.2, -0.15) is 14.1 Å². The number of nitrogens with zero attached hydrogens (tertiary/aromatic N) is 8. The predicted octanol–water partition coefficient (Wildman–Crippen LogP) is 3.55. The molecule has 0 amide bonds. The first-order valence-electron chi connectivity index (χ1n) is 11.2. The van der Waals surface area contributed by atoms with Gasteiger partial charge in [-0.25, -0.2) is 9.50 Å². The van der Waals surface area contributed by atoms with Gasteiger partial charge in [0.05, 0.1) is 5.56 Å². The Morgan fingerprint density at radius 1 is 1.18 bits per heavy atom. The number of benzene rings is 1. The lowest BCUT2D eigenvalue weighted by molar-refractivity contribution is -0.349. The van der Waals surface area contributed by atoms with Gasteiger partial charge in [-0.3, -0.25) is 0 Å². The number of aromatic nitrogens is 5. The van der Waals surface area contributed by atoms with Gasteiger partial charge >= 0.3 is 0 Å². The Morgan fingerprint density at radius 2 is 1.97 bits per heavy atom. The molecule has 1 aliphatic heterocycles. The SMILES string of the molecule is C=[N+]([O-])c1ccc(N(C)C)cc1-c1cccn2nc(NC3CCN(c4nc(C)ns4)CC3)nc12. The molecule has 0 saturated carbocycles. The normalized spacial score (nSPS) is 14.5. The third kappa shape index (κ3) is 4.26. The zero-order valence-corrected chi connectivity index (χ0v) is 20.3. The zero-order valence-electron chi connectivity index (χ0n) is 19.5. The number of aryl methyl sites for hydroxylation is 1. The van der Waals surface area contributed by atoms with Crippen molar-refractivity contribution in [3.05, 3.63) is 47.6 Å². The van der Waals surface area contributed by atoms with Crippen LogP contribution in [0.1, 0.15) is 18.7 Å². The van der Waals surface area contributed by atoms with Crippen molar-refractivity contribution in [1.82, 2.24) is 24.0 Å². The summed E-state index contributed by atoms with van der Waals surface area (Å²) < 4.78 is 6.68. The largest absolute Gasteiger partial charge is 0.619 e. The van der Waals surface area contributed by atoms with E-state index in [4.69, 9.17) is 4.98 Å². The Morgan fingerprint density at radius 3 is 2.65 bits per heavy atom. The Labute approximate surface area is 201 Å². The van der Waals surface area contributed by atoms with Crippen LogP contribution in [-0.4, -0.2) is 68.6 Å². The molecule has 34 heavy (non-hydrogen) atoms. The van der Waals surface area contributed by atoms with Gasteiger partial charge < -0.3 is 20.3 Å². The lowest BCUT2D eigenvalue weighted by Crippen LogP contribution is -2.39. The van der Waals surface area contributed by atoms with Gasteiger partial charge in [0.25, 0.3) is 0 Å². The van der Waals surface area contributed by atoms with E-state index in [0.717, 1.165) is 53.7 Å². The molecular weight excluding hydrogens is 450 g/mol. The number of anilines is 3. The van der Waals surface area contributed by atoms with Gasteiger partial charge in [-0.05, 0) is 44.0 Å². The highest BCUT2D eigenvalue weighted by molar-refractivity contribution is 7.09. The van der Waals surface area contributed by atoms with Crippen LogP contribution < -0.4 is 15.1 Å². The lowest BCUT2D eigenvalue weighted by Gasteiger charge is -2.31. The second kappa shape index (κ2) is 8.90. The van der Waals surface area contributed by atoms with Crippen molar-refractivity contribution in [2.24, 2.45) is 0 Å². The first-order valence-corrected chi connectivity index (χ1v) is 11.9. The van der Waals surface area contributed by atoms with Crippen molar-refractivity contribution >= 4 is 46.4 Å². The van der Waals surface area contributed by atoms with Crippen LogP contribution in [-0.2, 0) is 0 Å². The molecule has 0 aliphatic carbocycles. The highest BCUT2D eigenvalue weighted by atomic mass is 32.1. The second-order valence-corrected chi connectivity index (χ2v) is 9.36. The molecule has 10 nitrogen and oxygen atoms in total. The van der Waals surface area contributed by atoms with Crippen LogP contribution in [0.3, 0.4) is 0 Å². The van der Waals surface area contributed by atoms with E-state index >= 15 is 0 Å². The zero-order chi connectivity index (χ0) is 23.8. The predicted molar refractivity (Wildman–Crippen MR) is 137 cm³/mol. The first-order chi connectivity index (χ1) is 16.4. The third-order valence-corrected chi connectivity index (χ3v) is 6.90. The average molecular weight is 478 g/mol. The van der Waals surface area contributed by atoms with Gasteiger partial charge in [0.2, 0.25) is 16.8 Å². The maximum Gasteiger partial charge on any atom is 0.243 e. The van der Waals surface area contributed by atoms with Gasteiger partial charge in [-0.1, -0.05) is 0 Å². The Bertz CT molecular complexity index is 1340. The molecule has 1 saturated heterocycles. The molecule has 5 rings (SSSR count). The van der Waals surface area contributed by atoms with Crippen molar-refractivity contribution in [3.8, 4) is 11.1 Å². The highest BCUT2D eigenvalue weighted by Gasteiger charge is 2.23. The van der Waals surface area contributed by atoms with E-state index in [-0.39, 0.29) is 6.04 Å². The molecule has 0 spiro atoms. The van der Waals surface area contributed by atoms with Crippen molar-refractivity contribution in [2.75, 3.05) is 42.3 Å². The summed E-state index contributed by atoms with van der Waals surface area (Å²) in [4.78, 5) is 13.6. The topological polar surface area (TPSA) is 101 Å². The Balaban J connectivity index is 1.40. The maximum absolute atomic E-state index is 12.2. The minimum Gasteiger partial charge on any atom is -0.619 e. The van der Waals surface area contributed by atoms with Crippen LogP contribution in [0.15, 0.2) is 36.5 Å². The molecule has 1 fully saturated rings. The number of hydrogen-bond acceptors (Lipinski definition) is 9. The van der Waals surface area contributed by atoms with Crippen LogP contribution >= 0.6 is 11.5 Å². The fraction of sp³-hybridized carbons (Fsp3) is 0.348. The fourth-order valence-electron chi connectivity index (χ4n) is 4.23. The van der Waals surface area contributed by atoms with E-state index in [0.29, 0.717) is 22.0 Å². The quantitative estimate of drug-likeness (QED) is 0.195. The van der Waals surface area contributed by atoms with E-state index in [1.165, 1.54) is 11.5 Å². The van der Waals surface area contributed by atoms with Crippen molar-refractivity contribution in [1.29, 1.82) is 0 Å². The van der Waals surface area contributed by atoms with Crippen LogP contribution in [0.4, 0.5) is 22.5 Å². The minimum absolute atomic E-state index is 0.274. The molecule has 0 radical (unpaired) electrons. The number of piperidine rings is 1. The molecule has 3 aromatic heterocycles. The number of pyridine rings is 1. The van der Waals surface area contributed by atoms with Crippen LogP contribution in [0.25, 0.3) is 16.8 Å². The van der Waals surface area contributed by atoms with Crippen LogP contribution in [0.2, 0.25) is 0 Å². The van der Waals surface area contributed by atoms with Crippen LogP contribution in [0, 0.1) is 12.1 Å². The average Bonchev–Trinajstić information content (AvgIpc) is 3.44. The lowest BCUT2D eigenvalue weighted by atomic mass is 10.0. The van der Waals surface area contributed by atoms with Gasteiger partial charge in [0.15, 0.2) is 5.65 Å². The van der Waals surface area contributed by atoms with E-state index in [1.807, 2.05) is 56.4 Å². The summed E-state index contributed by atoms with van der Waals surface area (Å²) in [5.74, 6) is 1.40. The van der Waals surface area contributed by atoms with Gasteiger partial charge in [0.1, 0.15) is 12.5 Å². The molecule has 4 aromatic rings. The van der Waals surface area contributed by atoms with Crippen molar-refractivity contribution < 1.29 is 4.74 Å². The van der Waals surface area contributed by atoms with E-state index in [2.05, 4.69) is 31.4 Å². The molecule has 11 heteroatoms. The Kier molecular flexibility index (Phi) is 5.78. The minimum atomic E-state index is 0.274. The van der Waals surface area contributed by atoms with E-state index < -0.39 is 0 Å². The van der Waals surface area contributed by atoms with Gasteiger partial charge in [-0.15, -0.1) is 5.10 Å². The second-order valence-electron chi connectivity index (χ2n) is 8.63. The highest BCUT2D eigenvalue weighted by Crippen LogP contribution is 2.35. The molecule has 0 unspecified atom stereocenters. The fourth-order valence-corrected chi connectivity index (χ4v) is 4.95. The smallest absolute Gasteiger partial charge is 0.243 e. The third-order valence-electron chi connectivity index (χ3n) is 6.03. The molecule has 1 aliphatic rings. The standard InChI is InChI=1S/C23H27N9OS/c1-15-24-23(34-28-15)31-12-9-16(10-13-31)25-22-26-21-18(6-5-11-32(21)27-22)19-14-17(29(2)3)7-8-20(19)30(4)33/h5-8,11,14,16H,4,9-10,12-13H2,1-3H3,(H,25,27). The summed E-state index contributed by atoms with van der Waals surface area (Å²) >= 11 is 1.45. The first kappa shape index (κ1) is 22.1. The monoisotopic (exact) mass is 477 g/mol. The maximum atomic E-state index is 12.2. The van der Waals surface area contributed by atoms with Crippen molar-refractivity contribution in [2.45, 2.75) is 25.8 Å². The molecule has 0 atom stereocenters. The molecule has 1 N–H and O–H groups in total. The molecular formula is C23H27N9OS. The number of rotatable bonds is 6. The molecule has 4 heterocycles. The number of hydrogen-bond donors (Lipinski definition) is 1. The van der Waals surface area contributed by atoms with E-state index in [9.17, 15) is 5.21 Å². The molecule has 0 bridgehead atoms. The number of nitrogens with one attached hydrogen (secondary N) is 1. The summed E-state index contributed by atoms with van der Waals surface area (Å²) in [6, 6.07) is 9.81. The van der Waals surface area contributed by atoms with Crippen LogP contribution in [0.5, 0.6) is 0 Å². The summed E-state index contributed by atoms with van der Waals surface area (Å²) in [6.45, 7) is 7.30. The summed E-state index contributed by atoms with van der Waals surface area (Å²) in [7, 11) is 3.93. The van der Waals surface area contributed by atoms with Gasteiger partial charge in [0, 0.05) is 68.3 Å². The molecule has 1 aromatic carbocycles. The summed E-state index contributed by atoms with van der Waals surface area (Å²) in [6.07, 6.45) is 3.79. The molecule has 176 valence electrons. The summed E-state index contributed by atoms with van der Waals surface area (Å²) in [5, 5.41) is 21.3. The summed E-state index contributed by atoms with van der Waals surface area (Å²) in [5.41, 5.74) is 3.74. The van der Waals surface area contributed by atoms with E-state index in [1.54, 1.807) is 10.6 Å². The number of fused-ring (bicyclic) bond motifs is 1. The Hall–Kier alpha value is -3.73.